The van der Waals surface area contributed by atoms with Crippen molar-refractivity contribution in [1.82, 2.24) is 0 Å². The van der Waals surface area contributed by atoms with Gasteiger partial charge in [0, 0.05) is 0 Å². The molecular formula is C5H12O6. The molecule has 0 aliphatic carbocycles. The topological polar surface area (TPSA) is 129 Å². The van der Waals surface area contributed by atoms with Gasteiger partial charge in [0.2, 0.25) is 0 Å². The lowest BCUT2D eigenvalue weighted by molar-refractivity contribution is -0.127. The van der Waals surface area contributed by atoms with Gasteiger partial charge in [-0.15, -0.1) is 0 Å². The Kier molecular flexibility index (Phi) is 7.37. The molecule has 6 nitrogen and oxygen atoms in total. The van der Waals surface area contributed by atoms with Crippen LogP contribution in [0.3, 0.4) is 0 Å². The predicted octanol–water partition coefficient (Wildman–Crippen LogP) is -3.56. The number of aliphatic hydroxyl groups excluding tert-OH is 4. The van der Waals surface area contributed by atoms with Gasteiger partial charge in [0.1, 0.15) is 18.3 Å². The van der Waals surface area contributed by atoms with Gasteiger partial charge in [-0.2, -0.15) is 0 Å². The monoisotopic (exact) mass is 168 g/mol. The third-order valence-corrected chi connectivity index (χ3v) is 1.07. The lowest BCUT2D eigenvalue weighted by atomic mass is 10.1. The van der Waals surface area contributed by atoms with Crippen molar-refractivity contribution in [2.75, 3.05) is 6.61 Å². The summed E-state index contributed by atoms with van der Waals surface area (Å²) < 4.78 is 0. The number of aliphatic hydroxyl groups is 4. The number of aldehydes is 1. The van der Waals surface area contributed by atoms with E-state index < -0.39 is 24.9 Å². The summed E-state index contributed by atoms with van der Waals surface area (Å²) in [6, 6.07) is 0. The van der Waals surface area contributed by atoms with Crippen LogP contribution in [0.5, 0.6) is 0 Å². The third kappa shape index (κ3) is 4.02. The van der Waals surface area contributed by atoms with Crippen LogP contribution in [0.25, 0.3) is 0 Å². The fraction of sp³-hybridized carbons (Fsp3) is 0.800. The van der Waals surface area contributed by atoms with E-state index in [-0.39, 0.29) is 11.8 Å². The summed E-state index contributed by atoms with van der Waals surface area (Å²) >= 11 is 0. The highest BCUT2D eigenvalue weighted by Crippen LogP contribution is 1.96. The first-order chi connectivity index (χ1) is 4.63. The van der Waals surface area contributed by atoms with Crippen molar-refractivity contribution in [1.29, 1.82) is 0 Å². The fourth-order valence-electron chi connectivity index (χ4n) is 0.416. The molecule has 11 heavy (non-hydrogen) atoms. The van der Waals surface area contributed by atoms with Gasteiger partial charge in [0.05, 0.1) is 6.61 Å². The molecule has 0 aliphatic rings. The summed E-state index contributed by atoms with van der Waals surface area (Å²) in [6.45, 7) is -0.688. The molecule has 0 fully saturated rings. The van der Waals surface area contributed by atoms with E-state index in [1.165, 1.54) is 0 Å². The number of hydrogen-bond acceptors (Lipinski definition) is 5. The minimum atomic E-state index is -1.64. The van der Waals surface area contributed by atoms with Gasteiger partial charge in [0.25, 0.3) is 0 Å². The molecule has 0 bridgehead atoms. The average molecular weight is 168 g/mol. The van der Waals surface area contributed by atoms with Crippen LogP contribution >= 0.6 is 0 Å². The summed E-state index contributed by atoms with van der Waals surface area (Å²) in [5, 5.41) is 34.1. The highest BCUT2D eigenvalue weighted by Gasteiger charge is 2.22. The van der Waals surface area contributed by atoms with Crippen molar-refractivity contribution >= 4 is 6.29 Å². The molecule has 0 saturated heterocycles. The quantitative estimate of drug-likeness (QED) is 0.323. The van der Waals surface area contributed by atoms with Crippen LogP contribution in [0.4, 0.5) is 0 Å². The van der Waals surface area contributed by atoms with Gasteiger partial charge in [-0.3, -0.25) is 0 Å². The van der Waals surface area contributed by atoms with E-state index in [1.807, 2.05) is 0 Å². The van der Waals surface area contributed by atoms with Crippen LogP contribution in [-0.2, 0) is 4.79 Å². The van der Waals surface area contributed by atoms with Crippen molar-refractivity contribution < 1.29 is 30.7 Å². The summed E-state index contributed by atoms with van der Waals surface area (Å²) in [4.78, 5) is 9.76. The summed E-state index contributed by atoms with van der Waals surface area (Å²) in [5.74, 6) is 0. The van der Waals surface area contributed by atoms with E-state index in [4.69, 9.17) is 20.4 Å². The molecule has 0 rings (SSSR count). The first-order valence-electron chi connectivity index (χ1n) is 2.73. The van der Waals surface area contributed by atoms with Crippen LogP contribution < -0.4 is 0 Å². The van der Waals surface area contributed by atoms with Crippen molar-refractivity contribution in [2.45, 2.75) is 18.3 Å². The smallest absolute Gasteiger partial charge is 0.151 e. The normalized spacial score (nSPS) is 17.8. The van der Waals surface area contributed by atoms with Crippen molar-refractivity contribution in [3.8, 4) is 0 Å². The zero-order valence-electron chi connectivity index (χ0n) is 5.71. The van der Waals surface area contributed by atoms with E-state index in [0.29, 0.717) is 0 Å². The molecule has 68 valence electrons. The van der Waals surface area contributed by atoms with Crippen molar-refractivity contribution in [3.05, 3.63) is 0 Å². The first kappa shape index (κ1) is 13.1. The largest absolute Gasteiger partial charge is 0.412 e. The van der Waals surface area contributed by atoms with E-state index >= 15 is 0 Å². The fourth-order valence-corrected chi connectivity index (χ4v) is 0.416. The Morgan fingerprint density at radius 3 is 2.00 bits per heavy atom. The maximum absolute atomic E-state index is 9.76. The van der Waals surface area contributed by atoms with Gasteiger partial charge in [0.15, 0.2) is 6.29 Å². The second-order valence-corrected chi connectivity index (χ2v) is 1.87. The lowest BCUT2D eigenvalue weighted by Gasteiger charge is -2.16. The predicted molar refractivity (Wildman–Crippen MR) is 34.8 cm³/mol. The Hall–Kier alpha value is -0.530. The molecule has 0 heterocycles. The molecule has 6 heteroatoms. The second kappa shape index (κ2) is 6.20. The Labute approximate surface area is 63.0 Å². The van der Waals surface area contributed by atoms with Crippen LogP contribution in [0.2, 0.25) is 0 Å². The molecule has 0 amide bonds. The molecule has 3 atom stereocenters. The zero-order valence-corrected chi connectivity index (χ0v) is 5.71. The Balaban J connectivity index is 0. The molecule has 0 aliphatic heterocycles. The third-order valence-electron chi connectivity index (χ3n) is 1.07. The second-order valence-electron chi connectivity index (χ2n) is 1.87. The zero-order chi connectivity index (χ0) is 8.15. The van der Waals surface area contributed by atoms with Crippen LogP contribution in [0.15, 0.2) is 0 Å². The Bertz CT molecular complexity index is 105. The SMILES string of the molecule is O.O=C[C@@H](O)[C@@H](O)[C@@H](O)CO. The summed E-state index contributed by atoms with van der Waals surface area (Å²) in [5.41, 5.74) is 0. The van der Waals surface area contributed by atoms with Crippen molar-refractivity contribution in [2.24, 2.45) is 0 Å². The molecule has 0 aromatic carbocycles. The maximum Gasteiger partial charge on any atom is 0.151 e. The summed E-state index contributed by atoms with van der Waals surface area (Å²) in [7, 11) is 0. The van der Waals surface area contributed by atoms with Crippen LogP contribution in [0, 0.1) is 0 Å². The lowest BCUT2D eigenvalue weighted by Crippen LogP contribution is -2.40. The molecule has 0 saturated carbocycles. The Morgan fingerprint density at radius 1 is 1.27 bits per heavy atom. The van der Waals surface area contributed by atoms with Crippen LogP contribution in [0.1, 0.15) is 0 Å². The number of rotatable bonds is 4. The van der Waals surface area contributed by atoms with Gasteiger partial charge in [-0.1, -0.05) is 0 Å². The van der Waals surface area contributed by atoms with Crippen molar-refractivity contribution in [3.63, 3.8) is 0 Å². The van der Waals surface area contributed by atoms with E-state index in [9.17, 15) is 4.79 Å². The molecule has 0 spiro atoms. The van der Waals surface area contributed by atoms with E-state index in [1.54, 1.807) is 0 Å². The van der Waals surface area contributed by atoms with E-state index in [2.05, 4.69) is 0 Å². The molecule has 0 aromatic heterocycles. The molecule has 0 aromatic rings. The molecule has 0 unspecified atom stereocenters. The van der Waals surface area contributed by atoms with Gasteiger partial charge >= 0.3 is 0 Å². The minimum absolute atomic E-state index is 0. The average Bonchev–Trinajstić information content (AvgIpc) is 2.00. The molecular weight excluding hydrogens is 156 g/mol. The van der Waals surface area contributed by atoms with Gasteiger partial charge in [-0.05, 0) is 0 Å². The number of carbonyl (C=O) groups excluding carboxylic acids is 1. The maximum atomic E-state index is 9.76. The number of carbonyl (C=O) groups is 1. The number of hydrogen-bond donors (Lipinski definition) is 4. The molecule has 0 radical (unpaired) electrons. The highest BCUT2D eigenvalue weighted by molar-refractivity contribution is 5.56. The Morgan fingerprint density at radius 2 is 1.73 bits per heavy atom. The first-order valence-corrected chi connectivity index (χ1v) is 2.73. The summed E-state index contributed by atoms with van der Waals surface area (Å²) in [6.07, 6.45) is -4.63. The molecule has 6 N–H and O–H groups in total. The van der Waals surface area contributed by atoms with Crippen LogP contribution in [-0.4, -0.2) is 57.1 Å². The highest BCUT2D eigenvalue weighted by atomic mass is 16.4. The van der Waals surface area contributed by atoms with E-state index in [0.717, 1.165) is 0 Å². The standard InChI is InChI=1S/C5H10O5.H2O/c6-1-3(8)5(10)4(9)2-7;/h1,3-5,7-10H,2H2;1H2/t3-,4+,5-;/m1./s1. The van der Waals surface area contributed by atoms with Gasteiger partial charge in [-0.25, -0.2) is 0 Å². The minimum Gasteiger partial charge on any atom is -0.412 e. The van der Waals surface area contributed by atoms with Gasteiger partial charge < -0.3 is 30.7 Å².